The molecule has 1 heterocycles. The van der Waals surface area contributed by atoms with Gasteiger partial charge in [0, 0.05) is 19.1 Å². The number of rotatable bonds is 5. The number of amides is 1. The van der Waals surface area contributed by atoms with Crippen molar-refractivity contribution in [3.8, 4) is 5.75 Å². The number of methoxy groups -OCH3 is 1. The molecule has 1 aliphatic rings. The second-order valence-corrected chi connectivity index (χ2v) is 5.29. The molecule has 0 aliphatic carbocycles. The third kappa shape index (κ3) is 2.96. The summed E-state index contributed by atoms with van der Waals surface area (Å²) in [7, 11) is 1.53. The van der Waals surface area contributed by atoms with Crippen LogP contribution in [0.15, 0.2) is 24.3 Å². The maximum atomic E-state index is 11.8. The van der Waals surface area contributed by atoms with Crippen molar-refractivity contribution >= 4 is 5.91 Å². The normalized spacial score (nSPS) is 19.9. The highest BCUT2D eigenvalue weighted by atomic mass is 16.5. The van der Waals surface area contributed by atoms with Gasteiger partial charge >= 0.3 is 0 Å². The van der Waals surface area contributed by atoms with Gasteiger partial charge in [-0.25, -0.2) is 0 Å². The van der Waals surface area contributed by atoms with Gasteiger partial charge in [-0.1, -0.05) is 32.0 Å². The van der Waals surface area contributed by atoms with Gasteiger partial charge in [-0.3, -0.25) is 4.79 Å². The number of para-hydroxylation sites is 1. The van der Waals surface area contributed by atoms with Crippen LogP contribution < -0.4 is 10.1 Å². The molecular formula is C16H23NO3. The van der Waals surface area contributed by atoms with Crippen molar-refractivity contribution in [2.24, 2.45) is 0 Å². The van der Waals surface area contributed by atoms with Gasteiger partial charge in [0.25, 0.3) is 0 Å². The van der Waals surface area contributed by atoms with E-state index in [1.54, 1.807) is 0 Å². The minimum absolute atomic E-state index is 0.0116. The molecule has 0 aromatic heterocycles. The highest BCUT2D eigenvalue weighted by molar-refractivity contribution is 5.77. The molecule has 0 radical (unpaired) electrons. The molecule has 0 unspecified atom stereocenters. The Hall–Kier alpha value is -1.55. The average molecular weight is 277 g/mol. The molecule has 1 amide bonds. The number of fused-ring (bicyclic) bond motifs is 1. The summed E-state index contributed by atoms with van der Waals surface area (Å²) in [6.45, 7) is 4.35. The Kier molecular flexibility index (Phi) is 4.65. The number of ether oxygens (including phenoxy) is 2. The van der Waals surface area contributed by atoms with Gasteiger partial charge in [-0.2, -0.15) is 0 Å². The van der Waals surface area contributed by atoms with Crippen molar-refractivity contribution in [1.29, 1.82) is 0 Å². The zero-order valence-electron chi connectivity index (χ0n) is 12.4. The molecule has 0 saturated heterocycles. The summed E-state index contributed by atoms with van der Waals surface area (Å²) in [5, 5.41) is 3.06. The summed E-state index contributed by atoms with van der Waals surface area (Å²) in [4.78, 5) is 11.8. The van der Waals surface area contributed by atoms with Gasteiger partial charge in [-0.15, -0.1) is 0 Å². The lowest BCUT2D eigenvalue weighted by Crippen LogP contribution is -2.45. The van der Waals surface area contributed by atoms with E-state index in [1.165, 1.54) is 7.11 Å². The largest absolute Gasteiger partial charge is 0.487 e. The Bertz CT molecular complexity index is 469. The summed E-state index contributed by atoms with van der Waals surface area (Å²) in [5.74, 6) is 0.792. The molecule has 4 heteroatoms. The maximum absolute atomic E-state index is 11.8. The zero-order valence-corrected chi connectivity index (χ0v) is 12.4. The first-order chi connectivity index (χ1) is 9.64. The van der Waals surface area contributed by atoms with Crippen molar-refractivity contribution in [2.45, 2.75) is 44.8 Å². The molecule has 20 heavy (non-hydrogen) atoms. The number of carbonyl (C=O) groups excluding carboxylic acids is 1. The molecule has 1 atom stereocenters. The Labute approximate surface area is 120 Å². The van der Waals surface area contributed by atoms with Crippen LogP contribution in [-0.2, 0) is 9.53 Å². The van der Waals surface area contributed by atoms with E-state index in [9.17, 15) is 4.79 Å². The lowest BCUT2D eigenvalue weighted by molar-refractivity contribution is -0.126. The van der Waals surface area contributed by atoms with E-state index in [0.717, 1.165) is 30.6 Å². The summed E-state index contributed by atoms with van der Waals surface area (Å²) in [6, 6.07) is 7.92. The molecule has 1 aromatic rings. The van der Waals surface area contributed by atoms with Crippen molar-refractivity contribution in [1.82, 2.24) is 5.32 Å². The number of carbonyl (C=O) groups is 1. The van der Waals surface area contributed by atoms with Crippen LogP contribution in [0.2, 0.25) is 0 Å². The predicted octanol–water partition coefficient (Wildman–Crippen LogP) is 2.83. The monoisotopic (exact) mass is 277 g/mol. The van der Waals surface area contributed by atoms with E-state index >= 15 is 0 Å². The second-order valence-electron chi connectivity index (χ2n) is 5.29. The van der Waals surface area contributed by atoms with E-state index in [0.29, 0.717) is 0 Å². The Balaban J connectivity index is 2.27. The number of hydrogen-bond donors (Lipinski definition) is 1. The third-order valence-corrected chi connectivity index (χ3v) is 4.10. The van der Waals surface area contributed by atoms with Gasteiger partial charge in [0.1, 0.15) is 18.0 Å². The van der Waals surface area contributed by atoms with Crippen molar-refractivity contribution < 1.29 is 14.3 Å². The van der Waals surface area contributed by atoms with E-state index in [2.05, 4.69) is 19.2 Å². The van der Waals surface area contributed by atoms with Gasteiger partial charge < -0.3 is 14.8 Å². The van der Waals surface area contributed by atoms with Gasteiger partial charge in [-0.05, 0) is 18.9 Å². The fraction of sp³-hybridized carbons (Fsp3) is 0.562. The standard InChI is InChI=1S/C16H23NO3/c1-4-16(5-2)10-13(17-15(18)11-19-3)12-8-6-7-9-14(12)20-16/h6-9,13H,4-5,10-11H2,1-3H3,(H,17,18)/t13-/m0/s1. The highest BCUT2D eigenvalue weighted by Gasteiger charge is 2.38. The zero-order chi connectivity index (χ0) is 14.6. The molecule has 2 rings (SSSR count). The fourth-order valence-electron chi connectivity index (χ4n) is 2.80. The lowest BCUT2D eigenvalue weighted by Gasteiger charge is -2.41. The highest BCUT2D eigenvalue weighted by Crippen LogP contribution is 2.42. The molecule has 0 spiro atoms. The Morgan fingerprint density at radius 1 is 1.40 bits per heavy atom. The smallest absolute Gasteiger partial charge is 0.246 e. The minimum atomic E-state index is -0.195. The van der Waals surface area contributed by atoms with E-state index in [1.807, 2.05) is 24.3 Å². The number of hydrogen-bond acceptors (Lipinski definition) is 3. The predicted molar refractivity (Wildman–Crippen MR) is 77.8 cm³/mol. The lowest BCUT2D eigenvalue weighted by atomic mass is 9.83. The van der Waals surface area contributed by atoms with Crippen LogP contribution >= 0.6 is 0 Å². The van der Waals surface area contributed by atoms with E-state index in [4.69, 9.17) is 9.47 Å². The van der Waals surface area contributed by atoms with Crippen LogP contribution in [0.1, 0.15) is 44.7 Å². The average Bonchev–Trinajstić information content (AvgIpc) is 2.47. The van der Waals surface area contributed by atoms with Gasteiger partial charge in [0.2, 0.25) is 5.91 Å². The summed E-state index contributed by atoms with van der Waals surface area (Å²) in [5.41, 5.74) is 0.855. The molecule has 0 bridgehead atoms. The molecule has 1 aliphatic heterocycles. The Morgan fingerprint density at radius 2 is 2.10 bits per heavy atom. The van der Waals surface area contributed by atoms with Crippen LogP contribution in [0.4, 0.5) is 0 Å². The first-order valence-electron chi connectivity index (χ1n) is 7.20. The molecule has 0 saturated carbocycles. The van der Waals surface area contributed by atoms with Crippen LogP contribution in [0, 0.1) is 0 Å². The summed E-state index contributed by atoms with van der Waals surface area (Å²) < 4.78 is 11.1. The minimum Gasteiger partial charge on any atom is -0.487 e. The van der Waals surface area contributed by atoms with Crippen molar-refractivity contribution in [3.63, 3.8) is 0 Å². The van der Waals surface area contributed by atoms with Gasteiger partial charge in [0.15, 0.2) is 0 Å². The van der Waals surface area contributed by atoms with E-state index in [-0.39, 0.29) is 24.2 Å². The molecule has 110 valence electrons. The Morgan fingerprint density at radius 3 is 2.75 bits per heavy atom. The molecule has 1 aromatic carbocycles. The number of nitrogens with one attached hydrogen (secondary N) is 1. The first kappa shape index (κ1) is 14.9. The molecular weight excluding hydrogens is 254 g/mol. The molecule has 1 N–H and O–H groups in total. The SMILES string of the molecule is CCC1(CC)C[C@H](NC(=O)COC)c2ccccc2O1. The van der Waals surface area contributed by atoms with Crippen LogP contribution in [0.5, 0.6) is 5.75 Å². The third-order valence-electron chi connectivity index (χ3n) is 4.10. The van der Waals surface area contributed by atoms with Crippen LogP contribution in [-0.4, -0.2) is 25.2 Å². The number of benzene rings is 1. The van der Waals surface area contributed by atoms with Gasteiger partial charge in [0.05, 0.1) is 6.04 Å². The quantitative estimate of drug-likeness (QED) is 0.900. The first-order valence-corrected chi connectivity index (χ1v) is 7.20. The summed E-state index contributed by atoms with van der Waals surface area (Å²) in [6.07, 6.45) is 2.65. The molecule has 0 fully saturated rings. The maximum Gasteiger partial charge on any atom is 0.246 e. The topological polar surface area (TPSA) is 47.6 Å². The van der Waals surface area contributed by atoms with Crippen LogP contribution in [0.25, 0.3) is 0 Å². The molecule has 4 nitrogen and oxygen atoms in total. The summed E-state index contributed by atoms with van der Waals surface area (Å²) >= 11 is 0. The fourth-order valence-corrected chi connectivity index (χ4v) is 2.80. The van der Waals surface area contributed by atoms with Crippen LogP contribution in [0.3, 0.4) is 0 Å². The van der Waals surface area contributed by atoms with Crippen molar-refractivity contribution in [3.05, 3.63) is 29.8 Å². The second kappa shape index (κ2) is 6.27. The van der Waals surface area contributed by atoms with Crippen molar-refractivity contribution in [2.75, 3.05) is 13.7 Å². The van der Waals surface area contributed by atoms with E-state index < -0.39 is 0 Å².